The Labute approximate surface area is 211 Å². The Morgan fingerprint density at radius 3 is 2.37 bits per heavy atom. The van der Waals surface area contributed by atoms with Crippen molar-refractivity contribution in [1.82, 2.24) is 4.90 Å². The first-order valence-electron chi connectivity index (χ1n) is 13.8. The number of fused-ring (bicyclic) bond motifs is 5. The molecule has 4 saturated carbocycles. The average molecular weight is 514 g/mol. The molecular weight excluding hydrogens is 466 g/mol. The quantitative estimate of drug-likeness (QED) is 0.447. The normalized spacial score (nSPS) is 44.1. The smallest absolute Gasteiger partial charge is 0.266 e. The van der Waals surface area contributed by atoms with Crippen LogP contribution in [-0.2, 0) is 14.9 Å². The van der Waals surface area contributed by atoms with Crippen LogP contribution >= 0.6 is 0 Å². The lowest BCUT2D eigenvalue weighted by atomic mass is 9.43. The monoisotopic (exact) mass is 513 g/mol. The fourth-order valence-electron chi connectivity index (χ4n) is 9.30. The second kappa shape index (κ2) is 9.88. The van der Waals surface area contributed by atoms with Gasteiger partial charge in [-0.3, -0.25) is 9.35 Å². The SMILES string of the molecule is C[C@H](CCC(=O)N(C)CCS(=O)(=O)O)[C@H]1CC[C@H]2[C@@H]3[C@H](O)CC4C[C@H](O)CC[C@]4(C)[C@H]3CC[C@]12C. The van der Waals surface area contributed by atoms with Crippen molar-refractivity contribution < 1.29 is 28.0 Å². The van der Waals surface area contributed by atoms with Gasteiger partial charge in [0.2, 0.25) is 5.91 Å². The van der Waals surface area contributed by atoms with E-state index in [9.17, 15) is 23.4 Å². The van der Waals surface area contributed by atoms with Crippen molar-refractivity contribution in [3.63, 3.8) is 0 Å². The van der Waals surface area contributed by atoms with Crippen LogP contribution in [0.25, 0.3) is 0 Å². The van der Waals surface area contributed by atoms with Crippen LogP contribution in [0.3, 0.4) is 0 Å². The standard InChI is InChI=1S/C27H47NO6S/c1-17(5-8-24(31)28(4)13-14-35(32,33)34)20-6-7-21-25-22(10-12-27(20,21)3)26(2)11-9-19(29)15-18(26)16-23(25)30/h17-23,25,29-30H,5-16H2,1-4H3,(H,32,33,34)/t17-,18?,19-,20-,21+,22+,23-,25+,26+,27-/m1/s1. The van der Waals surface area contributed by atoms with E-state index in [0.717, 1.165) is 51.4 Å². The molecule has 4 aliphatic carbocycles. The molecular formula is C27H47NO6S. The summed E-state index contributed by atoms with van der Waals surface area (Å²) in [5.74, 6) is 2.21. The van der Waals surface area contributed by atoms with Crippen LogP contribution in [0.4, 0.5) is 0 Å². The van der Waals surface area contributed by atoms with Crippen molar-refractivity contribution in [2.24, 2.45) is 46.3 Å². The lowest BCUT2D eigenvalue weighted by Crippen LogP contribution is -2.58. The van der Waals surface area contributed by atoms with Gasteiger partial charge in [-0.2, -0.15) is 8.42 Å². The number of aliphatic hydroxyl groups is 2. The fraction of sp³-hybridized carbons (Fsp3) is 0.963. The number of aliphatic hydroxyl groups excluding tert-OH is 2. The third-order valence-corrected chi connectivity index (χ3v) is 12.0. The molecule has 0 aliphatic heterocycles. The Hall–Kier alpha value is -0.700. The lowest BCUT2D eigenvalue weighted by molar-refractivity contribution is -0.174. The van der Waals surface area contributed by atoms with Crippen molar-refractivity contribution in [2.75, 3.05) is 19.3 Å². The zero-order chi connectivity index (χ0) is 25.8. The first-order valence-corrected chi connectivity index (χ1v) is 15.4. The Kier molecular flexibility index (Phi) is 7.72. The summed E-state index contributed by atoms with van der Waals surface area (Å²) in [6.45, 7) is 7.14. The van der Waals surface area contributed by atoms with E-state index < -0.39 is 15.9 Å². The molecule has 7 nitrogen and oxygen atoms in total. The highest BCUT2D eigenvalue weighted by atomic mass is 32.2. The highest BCUT2D eigenvalue weighted by molar-refractivity contribution is 7.85. The molecule has 1 amide bonds. The molecule has 3 N–H and O–H groups in total. The van der Waals surface area contributed by atoms with Crippen LogP contribution < -0.4 is 0 Å². The van der Waals surface area contributed by atoms with Gasteiger partial charge in [0.1, 0.15) is 0 Å². The highest BCUT2D eigenvalue weighted by Gasteiger charge is 2.62. The zero-order valence-corrected chi connectivity index (χ0v) is 22.8. The molecule has 4 fully saturated rings. The largest absolute Gasteiger partial charge is 0.393 e. The Bertz CT molecular complexity index is 894. The Morgan fingerprint density at radius 2 is 1.69 bits per heavy atom. The van der Waals surface area contributed by atoms with Crippen LogP contribution in [0, 0.1) is 46.3 Å². The molecule has 0 aromatic carbocycles. The van der Waals surface area contributed by atoms with Gasteiger partial charge in [0, 0.05) is 20.0 Å². The maximum atomic E-state index is 12.6. The molecule has 0 heterocycles. The van der Waals surface area contributed by atoms with Crippen LogP contribution in [0.15, 0.2) is 0 Å². The van der Waals surface area contributed by atoms with E-state index in [1.54, 1.807) is 7.05 Å². The Morgan fingerprint density at radius 1 is 1.03 bits per heavy atom. The number of amides is 1. The number of hydrogen-bond acceptors (Lipinski definition) is 5. The van der Waals surface area contributed by atoms with Crippen molar-refractivity contribution in [3.05, 3.63) is 0 Å². The van der Waals surface area contributed by atoms with E-state index in [-0.39, 0.29) is 35.5 Å². The first-order chi connectivity index (χ1) is 16.3. The topological polar surface area (TPSA) is 115 Å². The first kappa shape index (κ1) is 27.3. The van der Waals surface area contributed by atoms with Gasteiger partial charge < -0.3 is 15.1 Å². The number of rotatable bonds is 7. The molecule has 0 spiro atoms. The molecule has 4 aliphatic rings. The molecule has 0 bridgehead atoms. The van der Waals surface area contributed by atoms with Crippen molar-refractivity contribution in [2.45, 2.75) is 97.2 Å². The van der Waals surface area contributed by atoms with Gasteiger partial charge in [-0.05, 0) is 104 Å². The predicted molar refractivity (Wildman–Crippen MR) is 135 cm³/mol. The molecule has 0 aromatic rings. The van der Waals surface area contributed by atoms with Crippen molar-refractivity contribution in [1.29, 1.82) is 0 Å². The zero-order valence-electron chi connectivity index (χ0n) is 22.0. The third kappa shape index (κ3) is 5.19. The molecule has 202 valence electrons. The number of carbonyl (C=O) groups is 1. The minimum Gasteiger partial charge on any atom is -0.393 e. The summed E-state index contributed by atoms with van der Waals surface area (Å²) in [4.78, 5) is 14.0. The van der Waals surface area contributed by atoms with Crippen molar-refractivity contribution in [3.8, 4) is 0 Å². The molecule has 0 radical (unpaired) electrons. The van der Waals surface area contributed by atoms with Crippen molar-refractivity contribution >= 4 is 16.0 Å². The van der Waals surface area contributed by atoms with Crippen LogP contribution in [0.1, 0.15) is 85.0 Å². The van der Waals surface area contributed by atoms with Crippen LogP contribution in [-0.4, -0.2) is 65.5 Å². The van der Waals surface area contributed by atoms with Gasteiger partial charge in [-0.25, -0.2) is 0 Å². The van der Waals surface area contributed by atoms with E-state index >= 15 is 0 Å². The van der Waals surface area contributed by atoms with Gasteiger partial charge >= 0.3 is 0 Å². The van der Waals surface area contributed by atoms with E-state index in [2.05, 4.69) is 20.8 Å². The second-order valence-corrected chi connectivity index (χ2v) is 14.6. The number of nitrogens with zero attached hydrogens (tertiary/aromatic N) is 1. The minimum atomic E-state index is -4.07. The minimum absolute atomic E-state index is 0.00696. The van der Waals surface area contributed by atoms with Gasteiger partial charge in [0.25, 0.3) is 10.1 Å². The average Bonchev–Trinajstić information content (AvgIpc) is 3.13. The lowest BCUT2D eigenvalue weighted by Gasteiger charge is -2.62. The van der Waals surface area contributed by atoms with Gasteiger partial charge in [-0.15, -0.1) is 0 Å². The van der Waals surface area contributed by atoms with E-state index in [1.807, 2.05) is 0 Å². The highest BCUT2D eigenvalue weighted by Crippen LogP contribution is 2.68. The van der Waals surface area contributed by atoms with Gasteiger partial charge in [-0.1, -0.05) is 20.8 Å². The maximum Gasteiger partial charge on any atom is 0.266 e. The molecule has 0 aromatic heterocycles. The predicted octanol–water partition coefficient (Wildman–Crippen LogP) is 3.74. The van der Waals surface area contributed by atoms with E-state index in [1.165, 1.54) is 11.3 Å². The van der Waals surface area contributed by atoms with Gasteiger partial charge in [0.05, 0.1) is 18.0 Å². The summed E-state index contributed by atoms with van der Waals surface area (Å²) in [5.41, 5.74) is 0.409. The molecule has 1 unspecified atom stereocenters. The van der Waals surface area contributed by atoms with Crippen LogP contribution in [0.2, 0.25) is 0 Å². The number of carbonyl (C=O) groups excluding carboxylic acids is 1. The Balaban J connectivity index is 1.40. The summed E-state index contributed by atoms with van der Waals surface area (Å²) in [6.07, 6.45) is 8.91. The third-order valence-electron chi connectivity index (χ3n) is 11.3. The summed E-state index contributed by atoms with van der Waals surface area (Å²) in [7, 11) is -2.48. The molecule has 0 saturated heterocycles. The number of hydrogen-bond donors (Lipinski definition) is 3. The summed E-state index contributed by atoms with van der Waals surface area (Å²) >= 11 is 0. The van der Waals surface area contributed by atoms with Gasteiger partial charge in [0.15, 0.2) is 0 Å². The fourth-order valence-corrected chi connectivity index (χ4v) is 9.80. The summed E-state index contributed by atoms with van der Waals surface area (Å²) < 4.78 is 30.9. The van der Waals surface area contributed by atoms with E-state index in [0.29, 0.717) is 41.9 Å². The molecule has 8 heteroatoms. The molecule has 10 atom stereocenters. The van der Waals surface area contributed by atoms with E-state index in [4.69, 9.17) is 4.55 Å². The summed E-state index contributed by atoms with van der Waals surface area (Å²) in [6, 6.07) is 0. The molecule has 35 heavy (non-hydrogen) atoms. The second-order valence-electron chi connectivity index (χ2n) is 13.1. The molecule has 4 rings (SSSR count). The summed E-state index contributed by atoms with van der Waals surface area (Å²) in [5, 5.41) is 21.7. The van der Waals surface area contributed by atoms with Crippen LogP contribution in [0.5, 0.6) is 0 Å². The maximum absolute atomic E-state index is 12.6.